The molecule has 0 radical (unpaired) electrons. The summed E-state index contributed by atoms with van der Waals surface area (Å²) in [5.74, 6) is 2.50. The molecule has 0 aliphatic carbocycles. The maximum absolute atomic E-state index is 13.1. The van der Waals surface area contributed by atoms with Crippen molar-refractivity contribution >= 4 is 33.3 Å². The number of aryl methyl sites for hydroxylation is 2. The highest BCUT2D eigenvalue weighted by Crippen LogP contribution is 2.23. The lowest BCUT2D eigenvalue weighted by Gasteiger charge is -2.34. The largest absolute Gasteiger partial charge is 0.354 e. The maximum atomic E-state index is 13.1. The lowest BCUT2D eigenvalue weighted by molar-refractivity contribution is 0.101. The van der Waals surface area contributed by atoms with Crippen LogP contribution in [0.2, 0.25) is 0 Å². The van der Waals surface area contributed by atoms with Gasteiger partial charge in [0.1, 0.15) is 23.3 Å². The van der Waals surface area contributed by atoms with Crippen LogP contribution >= 0.6 is 0 Å². The normalized spacial score (nSPS) is 14.8. The number of aromatic nitrogens is 3. The zero-order valence-electron chi connectivity index (χ0n) is 18.8. The van der Waals surface area contributed by atoms with Crippen LogP contribution in [0.4, 0.5) is 17.5 Å². The van der Waals surface area contributed by atoms with E-state index in [9.17, 15) is 13.2 Å². The quantitative estimate of drug-likeness (QED) is 0.553. The number of carbonyl (C=O) groups excluding carboxylic acids is 1. The Morgan fingerprint density at radius 3 is 2.42 bits per heavy atom. The molecular formula is C23H26N6O3S. The zero-order valence-corrected chi connectivity index (χ0v) is 19.6. The third-order valence-corrected chi connectivity index (χ3v) is 7.33. The van der Waals surface area contributed by atoms with E-state index in [1.165, 1.54) is 23.4 Å². The molecule has 1 aliphatic rings. The lowest BCUT2D eigenvalue weighted by Crippen LogP contribution is -2.49. The summed E-state index contributed by atoms with van der Waals surface area (Å²) in [6.45, 7) is 6.85. The van der Waals surface area contributed by atoms with E-state index < -0.39 is 10.0 Å². The van der Waals surface area contributed by atoms with Crippen LogP contribution < -0.4 is 10.2 Å². The van der Waals surface area contributed by atoms with Gasteiger partial charge in [-0.25, -0.2) is 23.4 Å². The number of nitrogens with zero attached hydrogens (tertiary/aromatic N) is 5. The van der Waals surface area contributed by atoms with Gasteiger partial charge in [0.05, 0.1) is 4.90 Å². The molecule has 0 atom stereocenters. The van der Waals surface area contributed by atoms with Crippen molar-refractivity contribution in [3.05, 3.63) is 65.6 Å². The SMILES string of the molecule is CC(=O)c1cccc(S(=O)(=O)N2CCN(c3cc(Nc4cc(C)ccn4)nc(C)n3)CC2)c1. The second kappa shape index (κ2) is 9.24. The smallest absolute Gasteiger partial charge is 0.243 e. The van der Waals surface area contributed by atoms with Gasteiger partial charge < -0.3 is 10.2 Å². The molecule has 3 heterocycles. The summed E-state index contributed by atoms with van der Waals surface area (Å²) in [4.78, 5) is 27.1. The molecule has 0 amide bonds. The molecule has 1 saturated heterocycles. The second-order valence-electron chi connectivity index (χ2n) is 7.98. The van der Waals surface area contributed by atoms with Crippen LogP contribution in [0.15, 0.2) is 53.6 Å². The molecule has 0 saturated carbocycles. The van der Waals surface area contributed by atoms with Crippen LogP contribution in [-0.4, -0.2) is 59.6 Å². The average Bonchev–Trinajstić information content (AvgIpc) is 2.79. The number of ketones is 1. The molecule has 2 aromatic heterocycles. The summed E-state index contributed by atoms with van der Waals surface area (Å²) in [6.07, 6.45) is 1.73. The number of rotatable bonds is 6. The molecule has 1 aliphatic heterocycles. The van der Waals surface area contributed by atoms with Crippen LogP contribution in [-0.2, 0) is 10.0 Å². The number of pyridine rings is 1. The van der Waals surface area contributed by atoms with E-state index in [1.807, 2.05) is 36.9 Å². The highest BCUT2D eigenvalue weighted by Gasteiger charge is 2.29. The highest BCUT2D eigenvalue weighted by molar-refractivity contribution is 7.89. The first-order chi connectivity index (χ1) is 15.7. The van der Waals surface area contributed by atoms with Gasteiger partial charge in [-0.15, -0.1) is 0 Å². The lowest BCUT2D eigenvalue weighted by atomic mass is 10.2. The number of sulfonamides is 1. The van der Waals surface area contributed by atoms with Crippen LogP contribution in [0.25, 0.3) is 0 Å². The van der Waals surface area contributed by atoms with Gasteiger partial charge in [-0.2, -0.15) is 4.31 Å². The number of Topliss-reactive ketones (excluding diaryl/α,β-unsaturated/α-hetero) is 1. The van der Waals surface area contributed by atoms with Crippen molar-refractivity contribution in [3.8, 4) is 0 Å². The topological polar surface area (TPSA) is 108 Å². The van der Waals surface area contributed by atoms with E-state index in [0.717, 1.165) is 11.4 Å². The van der Waals surface area contributed by atoms with Crippen molar-refractivity contribution in [2.75, 3.05) is 36.4 Å². The summed E-state index contributed by atoms with van der Waals surface area (Å²) < 4.78 is 27.6. The minimum atomic E-state index is -3.68. The highest BCUT2D eigenvalue weighted by atomic mass is 32.2. The molecule has 1 fully saturated rings. The molecule has 1 aromatic carbocycles. The van der Waals surface area contributed by atoms with Crippen LogP contribution in [0.5, 0.6) is 0 Å². The molecule has 9 nitrogen and oxygen atoms in total. The molecule has 0 bridgehead atoms. The summed E-state index contributed by atoms with van der Waals surface area (Å²) in [5.41, 5.74) is 1.47. The fraction of sp³-hybridized carbons (Fsp3) is 0.304. The Hall–Kier alpha value is -3.37. The van der Waals surface area contributed by atoms with E-state index in [1.54, 1.807) is 18.3 Å². The van der Waals surface area contributed by atoms with Crippen molar-refractivity contribution in [2.24, 2.45) is 0 Å². The third kappa shape index (κ3) is 5.18. The van der Waals surface area contributed by atoms with Gasteiger partial charge in [-0.05, 0) is 50.6 Å². The third-order valence-electron chi connectivity index (χ3n) is 5.44. The minimum absolute atomic E-state index is 0.138. The monoisotopic (exact) mass is 466 g/mol. The number of nitrogens with one attached hydrogen (secondary N) is 1. The predicted octanol–water partition coefficient (Wildman–Crippen LogP) is 2.95. The number of hydrogen-bond acceptors (Lipinski definition) is 8. The van der Waals surface area contributed by atoms with Crippen LogP contribution in [0, 0.1) is 13.8 Å². The summed E-state index contributed by atoms with van der Waals surface area (Å²) in [7, 11) is -3.68. The molecule has 172 valence electrons. The van der Waals surface area contributed by atoms with Gasteiger partial charge in [0, 0.05) is 44.0 Å². The number of carbonyl (C=O) groups is 1. The van der Waals surface area contributed by atoms with Crippen LogP contribution in [0.1, 0.15) is 28.7 Å². The molecule has 33 heavy (non-hydrogen) atoms. The Morgan fingerprint density at radius 1 is 0.970 bits per heavy atom. The Morgan fingerprint density at radius 2 is 1.73 bits per heavy atom. The standard InChI is InChI=1S/C23H26N6O3S/c1-16-7-8-24-21(13-16)27-22-15-23(26-18(3)25-22)28-9-11-29(12-10-28)33(31,32)20-6-4-5-19(14-20)17(2)30/h4-8,13-15H,9-12H2,1-3H3,(H,24,25,26,27). The number of anilines is 3. The molecule has 10 heteroatoms. The summed E-state index contributed by atoms with van der Waals surface area (Å²) in [5, 5.41) is 3.21. The van der Waals surface area contributed by atoms with Gasteiger partial charge in [0.15, 0.2) is 5.78 Å². The van der Waals surface area contributed by atoms with Crippen molar-refractivity contribution in [1.82, 2.24) is 19.3 Å². The first-order valence-corrected chi connectivity index (χ1v) is 12.1. The Kier molecular flexibility index (Phi) is 6.39. The molecular weight excluding hydrogens is 440 g/mol. The van der Waals surface area contributed by atoms with Crippen molar-refractivity contribution in [3.63, 3.8) is 0 Å². The van der Waals surface area contributed by atoms with Crippen LogP contribution in [0.3, 0.4) is 0 Å². The first-order valence-electron chi connectivity index (χ1n) is 10.6. The Balaban J connectivity index is 1.48. The Labute approximate surface area is 193 Å². The van der Waals surface area contributed by atoms with E-state index in [0.29, 0.717) is 49.2 Å². The Bertz CT molecular complexity index is 1290. The van der Waals surface area contributed by atoms with Crippen molar-refractivity contribution < 1.29 is 13.2 Å². The summed E-state index contributed by atoms with van der Waals surface area (Å²) >= 11 is 0. The van der Waals surface area contributed by atoms with E-state index in [2.05, 4.69) is 20.3 Å². The zero-order chi connectivity index (χ0) is 23.6. The van der Waals surface area contributed by atoms with E-state index in [4.69, 9.17) is 0 Å². The predicted molar refractivity (Wildman–Crippen MR) is 126 cm³/mol. The number of hydrogen-bond donors (Lipinski definition) is 1. The van der Waals surface area contributed by atoms with Gasteiger partial charge in [-0.3, -0.25) is 4.79 Å². The van der Waals surface area contributed by atoms with Crippen molar-refractivity contribution in [2.45, 2.75) is 25.7 Å². The van der Waals surface area contributed by atoms with Gasteiger partial charge in [0.2, 0.25) is 10.0 Å². The van der Waals surface area contributed by atoms with Gasteiger partial charge in [0.25, 0.3) is 0 Å². The van der Waals surface area contributed by atoms with Gasteiger partial charge >= 0.3 is 0 Å². The fourth-order valence-corrected chi connectivity index (χ4v) is 5.16. The van der Waals surface area contributed by atoms with E-state index in [-0.39, 0.29) is 10.7 Å². The van der Waals surface area contributed by atoms with Gasteiger partial charge in [-0.1, -0.05) is 12.1 Å². The molecule has 4 rings (SSSR count). The summed E-state index contributed by atoms with van der Waals surface area (Å²) in [6, 6.07) is 11.9. The van der Waals surface area contributed by atoms with Crippen molar-refractivity contribution in [1.29, 1.82) is 0 Å². The molecule has 1 N–H and O–H groups in total. The number of piperazine rings is 1. The molecule has 3 aromatic rings. The average molecular weight is 467 g/mol. The fourth-order valence-electron chi connectivity index (χ4n) is 3.70. The first kappa shape index (κ1) is 22.8. The second-order valence-corrected chi connectivity index (χ2v) is 9.92. The molecule has 0 unspecified atom stereocenters. The molecule has 0 spiro atoms. The number of benzene rings is 1. The van der Waals surface area contributed by atoms with E-state index >= 15 is 0 Å². The minimum Gasteiger partial charge on any atom is -0.354 e. The maximum Gasteiger partial charge on any atom is 0.243 e.